The molecule has 0 atom stereocenters. The summed E-state index contributed by atoms with van der Waals surface area (Å²) in [6.07, 6.45) is 2.59. The van der Waals surface area contributed by atoms with Crippen LogP contribution >= 0.6 is 0 Å². The Balaban J connectivity index is 1.32. The quantitative estimate of drug-likeness (QED) is 0.749. The fourth-order valence-electron chi connectivity index (χ4n) is 4.64. The fraction of sp³-hybridized carbons (Fsp3) is 0.500. The summed E-state index contributed by atoms with van der Waals surface area (Å²) in [4.78, 5) is 19.9. The Morgan fingerprint density at radius 1 is 0.900 bits per heavy atom. The largest absolute Gasteiger partial charge is 0.368 e. The number of benzene rings is 2. The van der Waals surface area contributed by atoms with Crippen molar-refractivity contribution in [1.29, 1.82) is 0 Å². The van der Waals surface area contributed by atoms with E-state index in [9.17, 15) is 4.79 Å². The van der Waals surface area contributed by atoms with Crippen LogP contribution in [0.5, 0.6) is 0 Å². The number of rotatable bonds is 4. The van der Waals surface area contributed by atoms with Crippen molar-refractivity contribution in [2.24, 2.45) is 5.92 Å². The minimum atomic E-state index is 0.161. The number of likely N-dealkylation sites (tertiary alicyclic amines) is 1. The third-order valence-electron chi connectivity index (χ3n) is 6.97. The smallest absolute Gasteiger partial charge is 0.253 e. The predicted octanol–water partition coefficient (Wildman–Crippen LogP) is 4.50. The first kappa shape index (κ1) is 20.9. The molecule has 0 aromatic heterocycles. The molecule has 2 aliphatic heterocycles. The number of carbonyl (C=O) groups excluding carboxylic acids is 1. The maximum absolute atomic E-state index is 13.0. The van der Waals surface area contributed by atoms with Crippen LogP contribution in [0, 0.1) is 19.8 Å². The van der Waals surface area contributed by atoms with Gasteiger partial charge in [-0.15, -0.1) is 0 Å². The lowest BCUT2D eigenvalue weighted by atomic mass is 9.99. The summed E-state index contributed by atoms with van der Waals surface area (Å²) in [5.41, 5.74) is 6.09. The predicted molar refractivity (Wildman–Crippen MR) is 124 cm³/mol. The molecule has 2 aliphatic rings. The molecule has 2 heterocycles. The van der Waals surface area contributed by atoms with Gasteiger partial charge < -0.3 is 9.80 Å². The van der Waals surface area contributed by atoms with Gasteiger partial charge in [0, 0.05) is 44.0 Å². The first-order valence-corrected chi connectivity index (χ1v) is 11.4. The summed E-state index contributed by atoms with van der Waals surface area (Å²) < 4.78 is 0. The van der Waals surface area contributed by atoms with Gasteiger partial charge in [0.2, 0.25) is 0 Å². The Kier molecular flexibility index (Phi) is 6.43. The van der Waals surface area contributed by atoms with Gasteiger partial charge in [-0.3, -0.25) is 9.69 Å². The van der Waals surface area contributed by atoms with Crippen LogP contribution in [0.15, 0.2) is 42.5 Å². The third-order valence-corrected chi connectivity index (χ3v) is 6.97. The minimum absolute atomic E-state index is 0.161. The number of piperidine rings is 1. The van der Waals surface area contributed by atoms with Crippen LogP contribution in [0.4, 0.5) is 5.69 Å². The van der Waals surface area contributed by atoms with Gasteiger partial charge in [0.15, 0.2) is 0 Å². The first-order valence-electron chi connectivity index (χ1n) is 11.4. The van der Waals surface area contributed by atoms with E-state index in [-0.39, 0.29) is 5.91 Å². The molecule has 0 aliphatic carbocycles. The number of amides is 1. The van der Waals surface area contributed by atoms with E-state index in [4.69, 9.17) is 0 Å². The highest BCUT2D eigenvalue weighted by Gasteiger charge is 2.23. The molecule has 30 heavy (non-hydrogen) atoms. The van der Waals surface area contributed by atoms with E-state index in [2.05, 4.69) is 60.9 Å². The lowest BCUT2D eigenvalue weighted by Crippen LogP contribution is -2.49. The van der Waals surface area contributed by atoms with E-state index in [1.54, 1.807) is 0 Å². The van der Waals surface area contributed by atoms with Crippen molar-refractivity contribution in [2.45, 2.75) is 40.2 Å². The normalized spacial score (nSPS) is 18.6. The van der Waals surface area contributed by atoms with E-state index in [1.807, 2.05) is 17.0 Å². The highest BCUT2D eigenvalue weighted by Crippen LogP contribution is 2.24. The molecular weight excluding hydrogens is 370 g/mol. The molecule has 2 saturated heterocycles. The van der Waals surface area contributed by atoms with E-state index < -0.39 is 0 Å². The van der Waals surface area contributed by atoms with Crippen molar-refractivity contribution in [3.8, 4) is 0 Å². The maximum Gasteiger partial charge on any atom is 0.253 e. The fourth-order valence-corrected chi connectivity index (χ4v) is 4.64. The minimum Gasteiger partial charge on any atom is -0.368 e. The van der Waals surface area contributed by atoms with Gasteiger partial charge in [-0.1, -0.05) is 31.2 Å². The molecule has 2 aromatic carbocycles. The SMILES string of the molecule is Cc1cccc(N2CCN(C(=O)c3ccc(CN4CCC(C)CC4)cc3)CC2)c1C. The Morgan fingerprint density at radius 3 is 2.23 bits per heavy atom. The second-order valence-corrected chi connectivity index (χ2v) is 9.15. The summed E-state index contributed by atoms with van der Waals surface area (Å²) in [6.45, 7) is 13.4. The van der Waals surface area contributed by atoms with E-state index in [1.165, 1.54) is 48.3 Å². The van der Waals surface area contributed by atoms with Gasteiger partial charge in [-0.05, 0) is 80.6 Å². The van der Waals surface area contributed by atoms with Crippen molar-refractivity contribution in [1.82, 2.24) is 9.80 Å². The molecule has 0 bridgehead atoms. The van der Waals surface area contributed by atoms with Crippen molar-refractivity contribution in [3.63, 3.8) is 0 Å². The zero-order chi connectivity index (χ0) is 21.1. The van der Waals surface area contributed by atoms with Crippen molar-refractivity contribution in [3.05, 3.63) is 64.7 Å². The zero-order valence-corrected chi connectivity index (χ0v) is 18.7. The van der Waals surface area contributed by atoms with Gasteiger partial charge in [0.1, 0.15) is 0 Å². The molecule has 1 amide bonds. The number of piperazine rings is 1. The molecule has 4 nitrogen and oxygen atoms in total. The highest BCUT2D eigenvalue weighted by atomic mass is 16.2. The highest BCUT2D eigenvalue weighted by molar-refractivity contribution is 5.94. The van der Waals surface area contributed by atoms with Gasteiger partial charge in [-0.25, -0.2) is 0 Å². The second kappa shape index (κ2) is 9.22. The Bertz CT molecular complexity index is 860. The molecule has 2 fully saturated rings. The van der Waals surface area contributed by atoms with Crippen LogP contribution < -0.4 is 4.90 Å². The molecule has 0 N–H and O–H groups in total. The number of nitrogens with zero attached hydrogens (tertiary/aromatic N) is 3. The summed E-state index contributed by atoms with van der Waals surface area (Å²) in [5, 5.41) is 0. The molecule has 0 unspecified atom stereocenters. The molecule has 4 rings (SSSR count). The van der Waals surface area contributed by atoms with Crippen LogP contribution in [0.3, 0.4) is 0 Å². The second-order valence-electron chi connectivity index (χ2n) is 9.15. The number of carbonyl (C=O) groups is 1. The van der Waals surface area contributed by atoms with Crippen molar-refractivity contribution in [2.75, 3.05) is 44.2 Å². The monoisotopic (exact) mass is 405 g/mol. The Labute approximate surface area is 181 Å². The van der Waals surface area contributed by atoms with Crippen LogP contribution in [0.2, 0.25) is 0 Å². The van der Waals surface area contributed by atoms with Gasteiger partial charge >= 0.3 is 0 Å². The molecule has 2 aromatic rings. The van der Waals surface area contributed by atoms with Crippen LogP contribution in [0.25, 0.3) is 0 Å². The molecule has 0 spiro atoms. The van der Waals surface area contributed by atoms with Gasteiger partial charge in [0.25, 0.3) is 5.91 Å². The maximum atomic E-state index is 13.0. The van der Waals surface area contributed by atoms with Crippen LogP contribution in [-0.4, -0.2) is 55.0 Å². The van der Waals surface area contributed by atoms with Crippen molar-refractivity contribution >= 4 is 11.6 Å². The topological polar surface area (TPSA) is 26.8 Å². The van der Waals surface area contributed by atoms with Gasteiger partial charge in [0.05, 0.1) is 0 Å². The third kappa shape index (κ3) is 4.70. The van der Waals surface area contributed by atoms with E-state index >= 15 is 0 Å². The summed E-state index contributed by atoms with van der Waals surface area (Å²) in [7, 11) is 0. The number of hydrogen-bond acceptors (Lipinski definition) is 3. The van der Waals surface area contributed by atoms with Crippen LogP contribution in [-0.2, 0) is 6.54 Å². The number of anilines is 1. The molecular formula is C26H35N3O. The zero-order valence-electron chi connectivity index (χ0n) is 18.7. The molecule has 160 valence electrons. The lowest BCUT2D eigenvalue weighted by Gasteiger charge is -2.37. The standard InChI is InChI=1S/C26H35N3O/c1-20-11-13-27(14-12-20)19-23-7-9-24(10-8-23)26(30)29-17-15-28(16-18-29)25-6-4-5-21(2)22(25)3/h4-10,20H,11-19H2,1-3H3. The lowest BCUT2D eigenvalue weighted by molar-refractivity contribution is 0.0746. The molecule has 0 saturated carbocycles. The Morgan fingerprint density at radius 2 is 1.57 bits per heavy atom. The molecule has 4 heteroatoms. The van der Waals surface area contributed by atoms with Crippen molar-refractivity contribution < 1.29 is 4.79 Å². The Hall–Kier alpha value is -2.33. The van der Waals surface area contributed by atoms with Crippen LogP contribution in [0.1, 0.15) is 46.8 Å². The summed E-state index contributed by atoms with van der Waals surface area (Å²) >= 11 is 0. The van der Waals surface area contributed by atoms with E-state index in [0.29, 0.717) is 0 Å². The molecule has 0 radical (unpaired) electrons. The van der Waals surface area contributed by atoms with E-state index in [0.717, 1.165) is 44.2 Å². The van der Waals surface area contributed by atoms with Gasteiger partial charge in [-0.2, -0.15) is 0 Å². The summed E-state index contributed by atoms with van der Waals surface area (Å²) in [6, 6.07) is 14.8. The number of aryl methyl sites for hydroxylation is 1. The average molecular weight is 406 g/mol. The summed E-state index contributed by atoms with van der Waals surface area (Å²) in [5.74, 6) is 1.02. The number of hydrogen-bond donors (Lipinski definition) is 0. The average Bonchev–Trinajstić information content (AvgIpc) is 2.77. The first-order chi connectivity index (χ1) is 14.5.